The van der Waals surface area contributed by atoms with Crippen LogP contribution in [0.25, 0.3) is 0 Å². The quantitative estimate of drug-likeness (QED) is 0.102. The van der Waals surface area contributed by atoms with Gasteiger partial charge in [-0.2, -0.15) is 0 Å². The number of thiazole rings is 1. The van der Waals surface area contributed by atoms with Crippen LogP contribution in [0, 0.1) is 34.9 Å². The van der Waals surface area contributed by atoms with Crippen molar-refractivity contribution in [3.8, 4) is 0 Å². The number of aryl methyl sites for hydroxylation is 1. The summed E-state index contributed by atoms with van der Waals surface area (Å²) in [6.45, 7) is 0. The van der Waals surface area contributed by atoms with E-state index < -0.39 is 82.1 Å². The molecule has 6 aromatic carbocycles. The number of halogens is 6. The first-order valence-corrected chi connectivity index (χ1v) is 24.9. The highest BCUT2D eigenvalue weighted by Gasteiger charge is 2.47. The predicted octanol–water partition coefficient (Wildman–Crippen LogP) is 8.82. The van der Waals surface area contributed by atoms with Gasteiger partial charge in [0.1, 0.15) is 85.0 Å². The molecule has 0 saturated heterocycles. The first kappa shape index (κ1) is 51.1. The number of nitrogens with two attached hydrogens (primary N) is 3. The van der Waals surface area contributed by atoms with Crippen LogP contribution in [0.15, 0.2) is 186 Å². The SMILES string of the molecule is Cn1ccnc1C(c1ccc(F)cc1)(c1ccc(F)cc1)S(N)=O.NS(=O)C(c1ccc(F)cc1)(c1ccc(F)cc1)c1ncco1.NS(=O)C(c1ccc(F)cc1)(c1ccc(F)cc1)c1nccs1. The molecule has 0 spiro atoms. The second-order valence-electron chi connectivity index (χ2n) is 15.0. The third kappa shape index (κ3) is 9.99. The molecule has 9 rings (SSSR count). The molecular formula is C49H39F6N7O4S4. The Labute approximate surface area is 408 Å². The van der Waals surface area contributed by atoms with Gasteiger partial charge in [-0.15, -0.1) is 11.3 Å². The van der Waals surface area contributed by atoms with Crippen LogP contribution in [-0.4, -0.2) is 32.1 Å². The molecule has 0 radical (unpaired) electrons. The fourth-order valence-electron chi connectivity index (χ4n) is 7.82. The van der Waals surface area contributed by atoms with E-state index in [4.69, 9.17) is 19.8 Å². The standard InChI is InChI=1S/C17H15F2N3OS.C16H12F2N2O2S.C16H12F2N2OS2/c1-22-11-10-21-16(22)17(24(20)23,12-2-6-14(18)7-3-12)13-4-8-15(19)9-5-13;2*17-13-5-1-11(2-6-13)16(23(19)21,15-20-9-10-22-15)12-3-7-14(18)8-4-12/h2-11H,20H2,1H3;2*1-10H,19H2. The molecule has 6 N–H and O–H groups in total. The first-order chi connectivity index (χ1) is 33.6. The van der Waals surface area contributed by atoms with Gasteiger partial charge < -0.3 is 8.98 Å². The lowest BCUT2D eigenvalue weighted by Crippen LogP contribution is -2.40. The molecule has 3 unspecified atom stereocenters. The Morgan fingerprint density at radius 1 is 0.457 bits per heavy atom. The van der Waals surface area contributed by atoms with Gasteiger partial charge in [-0.3, -0.25) is 15.4 Å². The van der Waals surface area contributed by atoms with E-state index in [9.17, 15) is 39.0 Å². The largest absolute Gasteiger partial charge is 0.447 e. The molecule has 0 amide bonds. The molecule has 360 valence electrons. The van der Waals surface area contributed by atoms with E-state index in [2.05, 4.69) is 15.0 Å². The molecule has 9 aromatic rings. The normalized spacial score (nSPS) is 13.0. The van der Waals surface area contributed by atoms with Crippen molar-refractivity contribution >= 4 is 44.3 Å². The zero-order valence-corrected chi connectivity index (χ0v) is 39.6. The second kappa shape index (κ2) is 21.9. The lowest BCUT2D eigenvalue weighted by atomic mass is 9.89. The van der Waals surface area contributed by atoms with Gasteiger partial charge in [0.05, 0.1) is 6.20 Å². The van der Waals surface area contributed by atoms with Gasteiger partial charge in [-0.1, -0.05) is 72.8 Å². The molecule has 0 saturated carbocycles. The first-order valence-electron chi connectivity index (χ1n) is 20.4. The lowest BCUT2D eigenvalue weighted by Gasteiger charge is -2.31. The van der Waals surface area contributed by atoms with Gasteiger partial charge in [0.2, 0.25) is 5.89 Å². The van der Waals surface area contributed by atoms with Gasteiger partial charge in [0, 0.05) is 31.0 Å². The Kier molecular flexibility index (Phi) is 16.0. The number of nitrogens with zero attached hydrogens (tertiary/aromatic N) is 4. The Morgan fingerprint density at radius 2 is 0.786 bits per heavy atom. The topological polar surface area (TPSA) is 186 Å². The van der Waals surface area contributed by atoms with Crippen molar-refractivity contribution in [3.63, 3.8) is 0 Å². The number of hydrogen-bond donors (Lipinski definition) is 3. The summed E-state index contributed by atoms with van der Waals surface area (Å²) >= 11 is 1.28. The van der Waals surface area contributed by atoms with Crippen molar-refractivity contribution in [1.82, 2.24) is 19.5 Å². The average Bonchev–Trinajstić information content (AvgIpc) is 4.17. The van der Waals surface area contributed by atoms with Crippen molar-refractivity contribution in [1.29, 1.82) is 0 Å². The zero-order chi connectivity index (χ0) is 50.2. The van der Waals surface area contributed by atoms with Crippen LogP contribution < -0.4 is 15.4 Å². The van der Waals surface area contributed by atoms with Crippen LogP contribution in [0.1, 0.15) is 50.1 Å². The molecule has 0 bridgehead atoms. The monoisotopic (exact) mass is 1030 g/mol. The van der Waals surface area contributed by atoms with Gasteiger partial charge in [0.15, 0.2) is 14.2 Å². The van der Waals surface area contributed by atoms with Crippen LogP contribution in [0.5, 0.6) is 0 Å². The summed E-state index contributed by atoms with van der Waals surface area (Å²) in [7, 11) is -4.11. The number of imidazole rings is 1. The second-order valence-corrected chi connectivity index (χ2v) is 19.5. The number of aromatic nitrogens is 4. The van der Waals surface area contributed by atoms with Gasteiger partial charge in [-0.05, 0) is 106 Å². The molecule has 0 fully saturated rings. The maximum Gasteiger partial charge on any atom is 0.223 e. The van der Waals surface area contributed by atoms with E-state index in [1.54, 1.807) is 35.6 Å². The molecule has 0 aliphatic carbocycles. The molecule has 70 heavy (non-hydrogen) atoms. The average molecular weight is 1030 g/mol. The van der Waals surface area contributed by atoms with E-state index in [0.29, 0.717) is 44.2 Å². The van der Waals surface area contributed by atoms with Crippen molar-refractivity contribution in [2.75, 3.05) is 0 Å². The molecule has 3 heterocycles. The highest BCUT2D eigenvalue weighted by atomic mass is 32.2. The molecule has 0 aliphatic rings. The van der Waals surface area contributed by atoms with Crippen LogP contribution in [0.3, 0.4) is 0 Å². The molecular weight excluding hydrogens is 993 g/mol. The molecule has 3 aromatic heterocycles. The summed E-state index contributed by atoms with van der Waals surface area (Å²) < 4.78 is 121. The lowest BCUT2D eigenvalue weighted by molar-refractivity contribution is 0.468. The van der Waals surface area contributed by atoms with E-state index >= 15 is 0 Å². The van der Waals surface area contributed by atoms with Gasteiger partial charge in [0.25, 0.3) is 0 Å². The summed E-state index contributed by atoms with van der Waals surface area (Å²) in [5.74, 6) is -2.07. The van der Waals surface area contributed by atoms with E-state index in [1.165, 1.54) is 169 Å². The zero-order valence-electron chi connectivity index (χ0n) is 36.4. The Bertz CT molecular complexity index is 2920. The minimum Gasteiger partial charge on any atom is -0.447 e. The highest BCUT2D eigenvalue weighted by Crippen LogP contribution is 2.44. The van der Waals surface area contributed by atoms with Crippen molar-refractivity contribution < 1.29 is 43.4 Å². The Morgan fingerprint density at radius 3 is 1.04 bits per heavy atom. The van der Waals surface area contributed by atoms with Crippen molar-refractivity contribution in [3.05, 3.63) is 267 Å². The number of rotatable bonds is 12. The number of hydrogen-bond acceptors (Lipinski definition) is 8. The molecule has 11 nitrogen and oxygen atoms in total. The minimum absolute atomic E-state index is 0.0801. The van der Waals surface area contributed by atoms with Crippen LogP contribution in [0.2, 0.25) is 0 Å². The third-order valence-electron chi connectivity index (χ3n) is 11.0. The summed E-state index contributed by atoms with van der Waals surface area (Å²) in [4.78, 5) is 12.7. The predicted molar refractivity (Wildman–Crippen MR) is 257 cm³/mol. The maximum absolute atomic E-state index is 13.4. The van der Waals surface area contributed by atoms with Crippen LogP contribution in [-0.2, 0) is 54.2 Å². The summed E-state index contributed by atoms with van der Waals surface area (Å²) in [6, 6.07) is 33.0. The molecule has 0 aliphatic heterocycles. The fraction of sp³-hybridized carbons (Fsp3) is 0.0816. The smallest absolute Gasteiger partial charge is 0.223 e. The summed E-state index contributed by atoms with van der Waals surface area (Å²) in [5.41, 5.74) is 2.92. The minimum atomic E-state index is -2.01. The van der Waals surface area contributed by atoms with Crippen LogP contribution >= 0.6 is 11.3 Å². The summed E-state index contributed by atoms with van der Waals surface area (Å²) in [5, 5.41) is 19.8. The Balaban J connectivity index is 0.000000155. The fourth-order valence-corrected chi connectivity index (χ4v) is 12.1. The van der Waals surface area contributed by atoms with Crippen molar-refractivity contribution in [2.24, 2.45) is 22.5 Å². The number of benzene rings is 6. The van der Waals surface area contributed by atoms with Gasteiger partial charge in [-0.25, -0.2) is 53.9 Å². The van der Waals surface area contributed by atoms with E-state index in [1.807, 2.05) is 0 Å². The highest BCUT2D eigenvalue weighted by molar-refractivity contribution is 7.84. The van der Waals surface area contributed by atoms with E-state index in [-0.39, 0.29) is 5.89 Å². The van der Waals surface area contributed by atoms with Gasteiger partial charge >= 0.3 is 0 Å². The molecule has 3 atom stereocenters. The maximum atomic E-state index is 13.4. The molecule has 21 heteroatoms. The van der Waals surface area contributed by atoms with Crippen molar-refractivity contribution in [2.45, 2.75) is 14.2 Å². The Hall–Kier alpha value is -6.72. The van der Waals surface area contributed by atoms with E-state index in [0.717, 1.165) is 0 Å². The van der Waals surface area contributed by atoms with Crippen LogP contribution in [0.4, 0.5) is 26.3 Å². The number of oxazole rings is 1. The summed E-state index contributed by atoms with van der Waals surface area (Å²) in [6.07, 6.45) is 7.55. The third-order valence-corrected chi connectivity index (χ3v) is 15.8.